The van der Waals surface area contributed by atoms with Gasteiger partial charge in [0.15, 0.2) is 0 Å². The fraction of sp³-hybridized carbons (Fsp3) is 0.200. The molecule has 88 valence electrons. The van der Waals surface area contributed by atoms with Crippen molar-refractivity contribution in [2.75, 3.05) is 16.8 Å². The van der Waals surface area contributed by atoms with Crippen LogP contribution in [0.2, 0.25) is 0 Å². The molecule has 1 heterocycles. The summed E-state index contributed by atoms with van der Waals surface area (Å²) in [5.41, 5.74) is 0.0555. The van der Waals surface area contributed by atoms with E-state index in [0.29, 0.717) is 0 Å². The summed E-state index contributed by atoms with van der Waals surface area (Å²) in [4.78, 5) is 25.8. The van der Waals surface area contributed by atoms with Gasteiger partial charge in [-0.2, -0.15) is 5.26 Å². The maximum atomic E-state index is 11.3. The first-order valence-electron chi connectivity index (χ1n) is 4.57. The van der Waals surface area contributed by atoms with Crippen LogP contribution in [0.4, 0.5) is 5.82 Å². The largest absolute Gasteiger partial charge is 0.478 e. The fourth-order valence-corrected chi connectivity index (χ4v) is 1.45. The third-order valence-electron chi connectivity index (χ3n) is 1.67. The SMILES string of the molecule is N#CCSCC(=O)Nc1cc(C(=O)O)ccn1. The van der Waals surface area contributed by atoms with E-state index < -0.39 is 5.97 Å². The Balaban J connectivity index is 2.57. The van der Waals surface area contributed by atoms with Gasteiger partial charge in [0.1, 0.15) is 5.82 Å². The van der Waals surface area contributed by atoms with Crippen LogP contribution in [0.15, 0.2) is 18.3 Å². The van der Waals surface area contributed by atoms with E-state index in [1.165, 1.54) is 30.1 Å². The molecule has 0 aliphatic carbocycles. The molecule has 7 heteroatoms. The van der Waals surface area contributed by atoms with Gasteiger partial charge >= 0.3 is 5.97 Å². The van der Waals surface area contributed by atoms with Crippen LogP contribution in [0.5, 0.6) is 0 Å². The Labute approximate surface area is 102 Å². The Morgan fingerprint density at radius 3 is 3.00 bits per heavy atom. The van der Waals surface area contributed by atoms with Crippen molar-refractivity contribution in [2.45, 2.75) is 0 Å². The molecule has 1 amide bonds. The molecule has 0 saturated heterocycles. The first kappa shape index (κ1) is 13.0. The number of aromatic carboxylic acids is 1. The first-order valence-corrected chi connectivity index (χ1v) is 5.73. The average Bonchev–Trinajstić information content (AvgIpc) is 2.29. The molecule has 0 aliphatic rings. The van der Waals surface area contributed by atoms with Crippen molar-refractivity contribution < 1.29 is 14.7 Å². The van der Waals surface area contributed by atoms with Gasteiger partial charge in [0.25, 0.3) is 0 Å². The molecule has 0 atom stereocenters. The highest BCUT2D eigenvalue weighted by atomic mass is 32.2. The molecular formula is C10H9N3O3S. The standard InChI is InChI=1S/C10H9N3O3S/c11-2-4-17-6-9(14)13-8-5-7(10(15)16)1-3-12-8/h1,3,5H,4,6H2,(H,15,16)(H,12,13,14). The molecule has 6 nitrogen and oxygen atoms in total. The number of anilines is 1. The molecular weight excluding hydrogens is 242 g/mol. The van der Waals surface area contributed by atoms with E-state index in [1.807, 2.05) is 6.07 Å². The smallest absolute Gasteiger partial charge is 0.335 e. The number of carboxylic acids is 1. The predicted molar refractivity (Wildman–Crippen MR) is 62.8 cm³/mol. The minimum atomic E-state index is -1.08. The Morgan fingerprint density at radius 2 is 2.35 bits per heavy atom. The molecule has 17 heavy (non-hydrogen) atoms. The number of nitrogens with zero attached hydrogens (tertiary/aromatic N) is 2. The van der Waals surface area contributed by atoms with Crippen molar-refractivity contribution in [2.24, 2.45) is 0 Å². The van der Waals surface area contributed by atoms with Crippen LogP contribution >= 0.6 is 11.8 Å². The summed E-state index contributed by atoms with van der Waals surface area (Å²) in [6, 6.07) is 4.51. The molecule has 1 aromatic rings. The van der Waals surface area contributed by atoms with E-state index in [0.717, 1.165) is 0 Å². The Hall–Kier alpha value is -2.07. The zero-order valence-corrected chi connectivity index (χ0v) is 9.53. The highest BCUT2D eigenvalue weighted by Crippen LogP contribution is 2.07. The number of hydrogen-bond donors (Lipinski definition) is 2. The quantitative estimate of drug-likeness (QED) is 0.756. The van der Waals surface area contributed by atoms with E-state index in [4.69, 9.17) is 10.4 Å². The van der Waals surface area contributed by atoms with Crippen LogP contribution in [-0.4, -0.2) is 33.5 Å². The lowest BCUT2D eigenvalue weighted by Crippen LogP contribution is -2.15. The van der Waals surface area contributed by atoms with Gasteiger partial charge in [-0.25, -0.2) is 9.78 Å². The molecule has 0 fully saturated rings. The number of thioether (sulfide) groups is 1. The van der Waals surface area contributed by atoms with Gasteiger partial charge in [0.05, 0.1) is 23.1 Å². The normalized spacial score (nSPS) is 9.35. The molecule has 0 unspecified atom stereocenters. The summed E-state index contributed by atoms with van der Waals surface area (Å²) in [6.45, 7) is 0. The molecule has 0 spiro atoms. The van der Waals surface area contributed by atoms with Gasteiger partial charge in [-0.15, -0.1) is 11.8 Å². The zero-order valence-electron chi connectivity index (χ0n) is 8.71. The topological polar surface area (TPSA) is 103 Å². The van der Waals surface area contributed by atoms with Crippen LogP contribution in [-0.2, 0) is 4.79 Å². The summed E-state index contributed by atoms with van der Waals surface area (Å²) < 4.78 is 0. The summed E-state index contributed by atoms with van der Waals surface area (Å²) in [5, 5.41) is 19.5. The van der Waals surface area contributed by atoms with Crippen LogP contribution in [0.3, 0.4) is 0 Å². The van der Waals surface area contributed by atoms with E-state index >= 15 is 0 Å². The maximum Gasteiger partial charge on any atom is 0.335 e. The Morgan fingerprint density at radius 1 is 1.59 bits per heavy atom. The fourth-order valence-electron chi connectivity index (χ4n) is 1.00. The van der Waals surface area contributed by atoms with Gasteiger partial charge in [-0.05, 0) is 12.1 Å². The second-order valence-electron chi connectivity index (χ2n) is 2.93. The third kappa shape index (κ3) is 4.53. The van der Waals surface area contributed by atoms with E-state index in [2.05, 4.69) is 10.3 Å². The summed E-state index contributed by atoms with van der Waals surface area (Å²) in [6.07, 6.45) is 1.31. The molecule has 0 bridgehead atoms. The van der Waals surface area contributed by atoms with Gasteiger partial charge < -0.3 is 10.4 Å². The Bertz CT molecular complexity index is 470. The van der Waals surface area contributed by atoms with Crippen LogP contribution in [0.1, 0.15) is 10.4 Å². The molecule has 0 aliphatic heterocycles. The van der Waals surface area contributed by atoms with Gasteiger partial charge in [-0.3, -0.25) is 4.79 Å². The van der Waals surface area contributed by atoms with Gasteiger partial charge in [0.2, 0.25) is 5.91 Å². The van der Waals surface area contributed by atoms with Crippen molar-refractivity contribution in [3.63, 3.8) is 0 Å². The number of pyridine rings is 1. The van der Waals surface area contributed by atoms with E-state index in [-0.39, 0.29) is 28.8 Å². The Kier molecular flexibility index (Phi) is 4.97. The van der Waals surface area contributed by atoms with Crippen LogP contribution in [0, 0.1) is 11.3 Å². The number of nitrogens with one attached hydrogen (secondary N) is 1. The number of amides is 1. The van der Waals surface area contributed by atoms with Crippen molar-refractivity contribution in [1.29, 1.82) is 5.26 Å². The number of carboxylic acid groups (broad SMARTS) is 1. The monoisotopic (exact) mass is 251 g/mol. The highest BCUT2D eigenvalue weighted by Gasteiger charge is 2.07. The van der Waals surface area contributed by atoms with Crippen molar-refractivity contribution >= 4 is 29.5 Å². The third-order valence-corrected chi connectivity index (χ3v) is 2.47. The predicted octanol–water partition coefficient (Wildman–Crippen LogP) is 0.975. The number of aromatic nitrogens is 1. The van der Waals surface area contributed by atoms with Crippen molar-refractivity contribution in [3.05, 3.63) is 23.9 Å². The number of carbonyl (C=O) groups excluding carboxylic acids is 1. The summed E-state index contributed by atoms with van der Waals surface area (Å²) in [5.74, 6) is -0.850. The lowest BCUT2D eigenvalue weighted by Gasteiger charge is -2.03. The van der Waals surface area contributed by atoms with E-state index in [1.54, 1.807) is 0 Å². The average molecular weight is 251 g/mol. The first-order chi connectivity index (χ1) is 8.13. The lowest BCUT2D eigenvalue weighted by atomic mass is 10.2. The molecule has 0 aromatic carbocycles. The number of hydrogen-bond acceptors (Lipinski definition) is 5. The second-order valence-corrected chi connectivity index (χ2v) is 3.92. The van der Waals surface area contributed by atoms with Crippen molar-refractivity contribution in [3.8, 4) is 6.07 Å². The molecule has 1 rings (SSSR count). The number of carbonyl (C=O) groups is 2. The molecule has 2 N–H and O–H groups in total. The van der Waals surface area contributed by atoms with Gasteiger partial charge in [-0.1, -0.05) is 0 Å². The minimum Gasteiger partial charge on any atom is -0.478 e. The maximum absolute atomic E-state index is 11.3. The summed E-state index contributed by atoms with van der Waals surface area (Å²) >= 11 is 1.17. The van der Waals surface area contributed by atoms with Crippen LogP contribution in [0.25, 0.3) is 0 Å². The summed E-state index contributed by atoms with van der Waals surface area (Å²) in [7, 11) is 0. The van der Waals surface area contributed by atoms with Crippen LogP contribution < -0.4 is 5.32 Å². The van der Waals surface area contributed by atoms with Gasteiger partial charge in [0, 0.05) is 6.20 Å². The molecule has 1 aromatic heterocycles. The number of rotatable bonds is 5. The second kappa shape index (κ2) is 6.50. The van der Waals surface area contributed by atoms with E-state index in [9.17, 15) is 9.59 Å². The molecule has 0 saturated carbocycles. The van der Waals surface area contributed by atoms with Crippen molar-refractivity contribution in [1.82, 2.24) is 4.98 Å². The zero-order chi connectivity index (χ0) is 12.7. The molecule has 0 radical (unpaired) electrons. The highest BCUT2D eigenvalue weighted by molar-refractivity contribution is 8.00. The lowest BCUT2D eigenvalue weighted by molar-refractivity contribution is -0.113. The number of nitriles is 1. The minimum absolute atomic E-state index is 0.0555.